The van der Waals surface area contributed by atoms with Gasteiger partial charge in [0.1, 0.15) is 19.0 Å². The quantitative estimate of drug-likeness (QED) is 0.431. The van der Waals surface area contributed by atoms with Crippen molar-refractivity contribution in [3.63, 3.8) is 0 Å². The van der Waals surface area contributed by atoms with Crippen LogP contribution in [0.15, 0.2) is 42.7 Å². The number of aromatic nitrogens is 4. The summed E-state index contributed by atoms with van der Waals surface area (Å²) < 4.78 is 6.74. The van der Waals surface area contributed by atoms with E-state index in [0.717, 1.165) is 34.9 Å². The van der Waals surface area contributed by atoms with Gasteiger partial charge in [0, 0.05) is 54.0 Å². The van der Waals surface area contributed by atoms with Gasteiger partial charge in [-0.15, -0.1) is 0 Å². The van der Waals surface area contributed by atoms with E-state index < -0.39 is 0 Å². The van der Waals surface area contributed by atoms with E-state index in [1.54, 1.807) is 30.3 Å². The van der Waals surface area contributed by atoms with Gasteiger partial charge in [0.15, 0.2) is 0 Å². The summed E-state index contributed by atoms with van der Waals surface area (Å²) in [5.41, 5.74) is 3.62. The molecule has 34 heavy (non-hydrogen) atoms. The Morgan fingerprint density at radius 2 is 2.15 bits per heavy atom. The van der Waals surface area contributed by atoms with E-state index in [1.165, 1.54) is 18.5 Å². The summed E-state index contributed by atoms with van der Waals surface area (Å²) in [4.78, 5) is 23.3. The summed E-state index contributed by atoms with van der Waals surface area (Å²) in [5.74, 6) is 6.25. The van der Waals surface area contributed by atoms with Crippen LogP contribution in [0.1, 0.15) is 35.8 Å². The van der Waals surface area contributed by atoms with Crippen molar-refractivity contribution in [2.45, 2.75) is 38.9 Å². The van der Waals surface area contributed by atoms with Crippen molar-refractivity contribution in [3.05, 3.63) is 54.0 Å². The van der Waals surface area contributed by atoms with Crippen LogP contribution in [0, 0.1) is 11.8 Å². The average molecular weight is 457 g/mol. The molecule has 0 bridgehead atoms. The number of aromatic amines is 1. The second-order valence-corrected chi connectivity index (χ2v) is 8.73. The number of carbonyl (C=O) groups is 1. The number of H-pyrrole nitrogens is 1. The molecule has 3 aromatic heterocycles. The largest absolute Gasteiger partial charge is 0.372 e. The first-order valence-corrected chi connectivity index (χ1v) is 11.5. The van der Waals surface area contributed by atoms with E-state index in [4.69, 9.17) is 4.74 Å². The Balaban J connectivity index is 1.28. The van der Waals surface area contributed by atoms with Crippen molar-refractivity contribution in [1.29, 1.82) is 0 Å². The number of methoxy groups -OCH3 is 1. The number of anilines is 1. The average Bonchev–Trinajstić information content (AvgIpc) is 3.55. The number of hydrogen-bond donors (Lipinski definition) is 2. The zero-order chi connectivity index (χ0) is 23.5. The maximum Gasteiger partial charge on any atom is 0.256 e. The number of pyridine rings is 1. The van der Waals surface area contributed by atoms with Crippen LogP contribution in [-0.2, 0) is 17.8 Å². The summed E-state index contributed by atoms with van der Waals surface area (Å²) >= 11 is 0. The fourth-order valence-corrected chi connectivity index (χ4v) is 4.48. The van der Waals surface area contributed by atoms with Crippen molar-refractivity contribution < 1.29 is 9.53 Å². The lowest BCUT2D eigenvalue weighted by molar-refractivity contribution is 0.102. The van der Waals surface area contributed by atoms with Crippen LogP contribution in [0.25, 0.3) is 21.8 Å². The number of nitrogens with zero attached hydrogens (tertiary/aromatic N) is 4. The molecule has 1 saturated heterocycles. The van der Waals surface area contributed by atoms with Gasteiger partial charge in [-0.05, 0) is 50.6 Å². The second-order valence-electron chi connectivity index (χ2n) is 8.73. The van der Waals surface area contributed by atoms with Gasteiger partial charge < -0.3 is 15.0 Å². The van der Waals surface area contributed by atoms with Gasteiger partial charge in [-0.3, -0.25) is 14.4 Å². The number of rotatable bonds is 6. The highest BCUT2D eigenvalue weighted by molar-refractivity contribution is 6.06. The van der Waals surface area contributed by atoms with Crippen LogP contribution in [0.3, 0.4) is 0 Å². The van der Waals surface area contributed by atoms with E-state index in [2.05, 4.69) is 50.1 Å². The Kier molecular flexibility index (Phi) is 6.30. The Morgan fingerprint density at radius 3 is 2.97 bits per heavy atom. The zero-order valence-electron chi connectivity index (χ0n) is 19.5. The first-order valence-electron chi connectivity index (χ1n) is 11.5. The Morgan fingerprint density at radius 1 is 1.24 bits per heavy atom. The molecule has 174 valence electrons. The molecule has 5 rings (SSSR count). The van der Waals surface area contributed by atoms with Crippen molar-refractivity contribution in [2.24, 2.45) is 0 Å². The van der Waals surface area contributed by atoms with E-state index >= 15 is 0 Å². The van der Waals surface area contributed by atoms with Crippen LogP contribution in [0.2, 0.25) is 0 Å². The molecule has 1 aliphatic heterocycles. The highest BCUT2D eigenvalue weighted by atomic mass is 16.5. The van der Waals surface area contributed by atoms with Crippen molar-refractivity contribution >= 4 is 33.5 Å². The molecule has 0 saturated carbocycles. The Bertz CT molecular complexity index is 1390. The van der Waals surface area contributed by atoms with E-state index in [1.807, 2.05) is 18.2 Å². The van der Waals surface area contributed by atoms with Gasteiger partial charge in [-0.25, -0.2) is 4.98 Å². The number of hydrogen-bond acceptors (Lipinski definition) is 5. The third-order valence-electron chi connectivity index (χ3n) is 6.34. The van der Waals surface area contributed by atoms with Crippen molar-refractivity contribution in [1.82, 2.24) is 24.6 Å². The summed E-state index contributed by atoms with van der Waals surface area (Å²) in [5, 5.41) is 9.22. The predicted octanol–water partition coefficient (Wildman–Crippen LogP) is 3.80. The number of carbonyl (C=O) groups excluding carboxylic acids is 1. The molecule has 1 fully saturated rings. The van der Waals surface area contributed by atoms with E-state index in [0.29, 0.717) is 30.6 Å². The molecule has 4 heterocycles. The third-order valence-corrected chi connectivity index (χ3v) is 6.34. The van der Waals surface area contributed by atoms with Gasteiger partial charge in [0.25, 0.3) is 5.91 Å². The van der Waals surface area contributed by atoms with Crippen molar-refractivity contribution in [3.8, 4) is 11.8 Å². The number of fused-ring (bicyclic) bond motifs is 2. The maximum atomic E-state index is 12.9. The van der Waals surface area contributed by atoms with Crippen LogP contribution in [-0.4, -0.2) is 56.9 Å². The number of nitrogens with one attached hydrogen (secondary N) is 2. The lowest BCUT2D eigenvalue weighted by atomic mass is 10.1. The highest BCUT2D eigenvalue weighted by Crippen LogP contribution is 2.23. The number of ether oxygens (including phenoxy) is 1. The predicted molar refractivity (Wildman–Crippen MR) is 133 cm³/mol. The van der Waals surface area contributed by atoms with Gasteiger partial charge >= 0.3 is 0 Å². The molecule has 1 aromatic carbocycles. The van der Waals surface area contributed by atoms with Crippen LogP contribution in [0.4, 0.5) is 5.82 Å². The SMILES string of the molecule is COCC#CCn1ncc2cc(C(=O)Nc3cc4[nH]c(CN5CCC[C@@H]5C)cc4cn3)ccc21. The normalized spacial score (nSPS) is 16.1. The number of benzene rings is 1. The Labute approximate surface area is 198 Å². The van der Waals surface area contributed by atoms with Crippen LogP contribution in [0.5, 0.6) is 0 Å². The fraction of sp³-hybridized carbons (Fsp3) is 0.346. The highest BCUT2D eigenvalue weighted by Gasteiger charge is 2.20. The molecule has 8 heteroatoms. The molecule has 1 atom stereocenters. The molecular formula is C26H28N6O2. The monoisotopic (exact) mass is 456 g/mol. The molecule has 4 aromatic rings. The summed E-state index contributed by atoms with van der Waals surface area (Å²) in [6.07, 6.45) is 6.06. The number of likely N-dealkylation sites (tertiary alicyclic amines) is 1. The minimum Gasteiger partial charge on any atom is -0.372 e. The zero-order valence-corrected chi connectivity index (χ0v) is 19.5. The van der Waals surface area contributed by atoms with Gasteiger partial charge in [0.2, 0.25) is 0 Å². The van der Waals surface area contributed by atoms with E-state index in [-0.39, 0.29) is 5.91 Å². The first-order chi connectivity index (χ1) is 16.6. The third kappa shape index (κ3) is 4.67. The smallest absolute Gasteiger partial charge is 0.256 e. The second kappa shape index (κ2) is 9.67. The minimum absolute atomic E-state index is 0.209. The topological polar surface area (TPSA) is 88.1 Å². The Hall–Kier alpha value is -3.67. The molecule has 8 nitrogen and oxygen atoms in total. The van der Waals surface area contributed by atoms with Gasteiger partial charge in [0.05, 0.1) is 17.2 Å². The molecule has 0 spiro atoms. The molecule has 2 N–H and O–H groups in total. The lowest BCUT2D eigenvalue weighted by Gasteiger charge is -2.19. The number of amides is 1. The molecule has 0 aliphatic carbocycles. The van der Waals surface area contributed by atoms with Gasteiger partial charge in [-0.1, -0.05) is 11.8 Å². The van der Waals surface area contributed by atoms with Crippen LogP contribution < -0.4 is 5.32 Å². The van der Waals surface area contributed by atoms with Gasteiger partial charge in [-0.2, -0.15) is 5.10 Å². The van der Waals surface area contributed by atoms with Crippen LogP contribution >= 0.6 is 0 Å². The molecule has 1 amide bonds. The summed E-state index contributed by atoms with van der Waals surface area (Å²) in [6, 6.07) is 10.2. The maximum absolute atomic E-state index is 12.9. The molecule has 0 unspecified atom stereocenters. The molecule has 1 aliphatic rings. The minimum atomic E-state index is -0.209. The lowest BCUT2D eigenvalue weighted by Crippen LogP contribution is -2.26. The summed E-state index contributed by atoms with van der Waals surface area (Å²) in [6.45, 7) is 5.19. The summed E-state index contributed by atoms with van der Waals surface area (Å²) in [7, 11) is 1.61. The van der Waals surface area contributed by atoms with Crippen molar-refractivity contribution in [2.75, 3.05) is 25.6 Å². The molecular weight excluding hydrogens is 428 g/mol. The first kappa shape index (κ1) is 22.1. The molecule has 0 radical (unpaired) electrons. The standard InChI is InChI=1S/C26H28N6O2/c1-18-6-5-9-31(18)17-22-13-20-15-27-25(14-23(20)29-22)30-26(33)19-7-8-24-21(12-19)16-28-32(24)10-3-4-11-34-2/h7-8,12-16,18,29H,5-6,9-11,17H2,1-2H3,(H,27,30,33)/t18-/m0/s1. The van der Waals surface area contributed by atoms with E-state index in [9.17, 15) is 4.79 Å². The fourth-order valence-electron chi connectivity index (χ4n) is 4.48.